The van der Waals surface area contributed by atoms with Crippen molar-refractivity contribution in [3.63, 3.8) is 0 Å². The molecule has 0 atom stereocenters. The van der Waals surface area contributed by atoms with E-state index < -0.39 is 4.92 Å². The van der Waals surface area contributed by atoms with Gasteiger partial charge < -0.3 is 19.1 Å². The molecule has 2 aromatic carbocycles. The number of rotatable bonds is 10. The molecule has 4 rings (SSSR count). The highest BCUT2D eigenvalue weighted by Crippen LogP contribution is 2.32. The molecule has 0 bridgehead atoms. The van der Waals surface area contributed by atoms with E-state index in [1.807, 2.05) is 0 Å². The van der Waals surface area contributed by atoms with Gasteiger partial charge in [-0.25, -0.2) is 9.97 Å². The predicted molar refractivity (Wildman–Crippen MR) is 123 cm³/mol. The van der Waals surface area contributed by atoms with Crippen LogP contribution in [0.5, 0.6) is 17.2 Å². The van der Waals surface area contributed by atoms with Crippen molar-refractivity contribution in [2.24, 2.45) is 0 Å². The van der Waals surface area contributed by atoms with Crippen molar-refractivity contribution in [3.05, 3.63) is 81.9 Å². The largest absolute Gasteiger partial charge is 0.494 e. The highest BCUT2D eigenvalue weighted by Gasteiger charge is 2.18. The molecule has 0 unspecified atom stereocenters. The van der Waals surface area contributed by atoms with Crippen LogP contribution in [0.1, 0.15) is 33.0 Å². The van der Waals surface area contributed by atoms with Crippen LogP contribution in [0.4, 0.5) is 5.69 Å². The average molecular weight is 478 g/mol. The summed E-state index contributed by atoms with van der Waals surface area (Å²) in [5.41, 5.74) is 0.768. The van der Waals surface area contributed by atoms with Crippen LogP contribution in [-0.2, 0) is 6.42 Å². The SMILES string of the molecule is CN(CCCOc1ccc([N+](=O)[O-])cc1)C(=O)c1cnc(CC(=O)c2ccc3c(c2)OCO3)nc1. The number of carbonyl (C=O) groups is 2. The first-order valence-electron chi connectivity index (χ1n) is 10.8. The van der Waals surface area contributed by atoms with E-state index in [1.54, 1.807) is 25.2 Å². The second kappa shape index (κ2) is 10.6. The molecule has 0 N–H and O–H groups in total. The van der Waals surface area contributed by atoms with E-state index in [9.17, 15) is 19.7 Å². The maximum atomic E-state index is 12.6. The number of non-ortho nitro benzene ring substituents is 1. The summed E-state index contributed by atoms with van der Waals surface area (Å²) >= 11 is 0. The van der Waals surface area contributed by atoms with Crippen LogP contribution in [0.25, 0.3) is 0 Å². The molecular weight excluding hydrogens is 456 g/mol. The number of benzene rings is 2. The van der Waals surface area contributed by atoms with Crippen LogP contribution < -0.4 is 14.2 Å². The zero-order valence-corrected chi connectivity index (χ0v) is 18.9. The summed E-state index contributed by atoms with van der Waals surface area (Å²) in [7, 11) is 1.66. The molecule has 180 valence electrons. The summed E-state index contributed by atoms with van der Waals surface area (Å²) in [6.07, 6.45) is 3.36. The summed E-state index contributed by atoms with van der Waals surface area (Å²) < 4.78 is 16.1. The van der Waals surface area contributed by atoms with Crippen molar-refractivity contribution >= 4 is 17.4 Å². The number of fused-ring (bicyclic) bond motifs is 1. The van der Waals surface area contributed by atoms with Gasteiger partial charge in [-0.2, -0.15) is 0 Å². The number of nitro benzene ring substituents is 1. The Bertz CT molecular complexity index is 1230. The third-order valence-electron chi connectivity index (χ3n) is 5.27. The average Bonchev–Trinajstić information content (AvgIpc) is 3.35. The second-order valence-corrected chi connectivity index (χ2v) is 7.74. The number of hydrogen-bond donors (Lipinski definition) is 0. The molecule has 1 aliphatic heterocycles. The molecule has 1 amide bonds. The standard InChI is InChI=1S/C24H22N4O7/c1-27(9-2-10-33-19-6-4-18(5-7-19)28(31)32)24(30)17-13-25-23(26-14-17)12-20(29)16-3-8-21-22(11-16)35-15-34-21/h3-8,11,13-14H,2,9-10,12,15H2,1H3. The lowest BCUT2D eigenvalue weighted by Gasteiger charge is -2.17. The topological polar surface area (TPSA) is 134 Å². The minimum absolute atomic E-state index is 0.00628. The molecule has 1 aliphatic rings. The molecule has 2 heterocycles. The summed E-state index contributed by atoms with van der Waals surface area (Å²) in [5, 5.41) is 10.7. The van der Waals surface area contributed by atoms with E-state index in [-0.39, 0.29) is 30.6 Å². The molecule has 0 saturated heterocycles. The number of hydrogen-bond acceptors (Lipinski definition) is 9. The number of aromatic nitrogens is 2. The molecule has 3 aromatic rings. The molecule has 0 radical (unpaired) electrons. The predicted octanol–water partition coefficient (Wildman–Crippen LogP) is 3.08. The number of carbonyl (C=O) groups excluding carboxylic acids is 2. The van der Waals surface area contributed by atoms with Crippen LogP contribution >= 0.6 is 0 Å². The normalized spacial score (nSPS) is 11.7. The Morgan fingerprint density at radius 1 is 1.06 bits per heavy atom. The van der Waals surface area contributed by atoms with Gasteiger partial charge in [-0.05, 0) is 36.8 Å². The number of ketones is 1. The third-order valence-corrected chi connectivity index (χ3v) is 5.27. The first-order chi connectivity index (χ1) is 16.9. The smallest absolute Gasteiger partial charge is 0.269 e. The Kier molecular flexibility index (Phi) is 7.15. The first-order valence-corrected chi connectivity index (χ1v) is 10.8. The lowest BCUT2D eigenvalue weighted by atomic mass is 10.1. The van der Waals surface area contributed by atoms with Crippen molar-refractivity contribution in [1.82, 2.24) is 14.9 Å². The summed E-state index contributed by atoms with van der Waals surface area (Å²) in [6, 6.07) is 10.8. The molecule has 1 aromatic heterocycles. The van der Waals surface area contributed by atoms with Crippen molar-refractivity contribution < 1.29 is 28.7 Å². The van der Waals surface area contributed by atoms with Crippen LogP contribution in [0, 0.1) is 10.1 Å². The van der Waals surface area contributed by atoms with Gasteiger partial charge in [0.2, 0.25) is 6.79 Å². The third kappa shape index (κ3) is 5.88. The lowest BCUT2D eigenvalue weighted by Crippen LogP contribution is -2.29. The van der Waals surface area contributed by atoms with Gasteiger partial charge in [-0.3, -0.25) is 19.7 Å². The monoisotopic (exact) mass is 478 g/mol. The lowest BCUT2D eigenvalue weighted by molar-refractivity contribution is -0.384. The van der Waals surface area contributed by atoms with E-state index >= 15 is 0 Å². The molecule has 0 spiro atoms. The Labute approximate surface area is 200 Å². The van der Waals surface area contributed by atoms with Crippen LogP contribution in [0.3, 0.4) is 0 Å². The van der Waals surface area contributed by atoms with Crippen LogP contribution in [0.15, 0.2) is 54.9 Å². The van der Waals surface area contributed by atoms with Crippen LogP contribution in [0.2, 0.25) is 0 Å². The molecule has 11 heteroatoms. The maximum Gasteiger partial charge on any atom is 0.269 e. The van der Waals surface area contributed by atoms with Crippen LogP contribution in [-0.4, -0.2) is 58.5 Å². The fourth-order valence-corrected chi connectivity index (χ4v) is 3.35. The molecular formula is C24H22N4O7. The number of Topliss-reactive ketones (excluding diaryl/α,β-unsaturated/α-hetero) is 1. The summed E-state index contributed by atoms with van der Waals surface area (Å²) in [6.45, 7) is 0.899. The fraction of sp³-hybridized carbons (Fsp3) is 0.250. The molecule has 0 fully saturated rings. The first kappa shape index (κ1) is 23.6. The van der Waals surface area contributed by atoms with Gasteiger partial charge in [0.05, 0.1) is 23.5 Å². The number of nitrogens with zero attached hydrogens (tertiary/aromatic N) is 4. The van der Waals surface area contributed by atoms with Crippen molar-refractivity contribution in [1.29, 1.82) is 0 Å². The van der Waals surface area contributed by atoms with Crippen molar-refractivity contribution in [2.45, 2.75) is 12.8 Å². The van der Waals surface area contributed by atoms with Crippen molar-refractivity contribution in [2.75, 3.05) is 27.0 Å². The molecule has 35 heavy (non-hydrogen) atoms. The van der Waals surface area contributed by atoms with E-state index in [1.165, 1.54) is 41.6 Å². The minimum atomic E-state index is -0.474. The van der Waals surface area contributed by atoms with Gasteiger partial charge in [-0.15, -0.1) is 0 Å². The molecule has 11 nitrogen and oxygen atoms in total. The van der Waals surface area contributed by atoms with Gasteiger partial charge in [0.25, 0.3) is 11.6 Å². The highest BCUT2D eigenvalue weighted by molar-refractivity contribution is 5.98. The number of ether oxygens (including phenoxy) is 3. The fourth-order valence-electron chi connectivity index (χ4n) is 3.35. The van der Waals surface area contributed by atoms with Crippen molar-refractivity contribution in [3.8, 4) is 17.2 Å². The van der Waals surface area contributed by atoms with E-state index in [0.717, 1.165) is 0 Å². The van der Waals surface area contributed by atoms with E-state index in [4.69, 9.17) is 14.2 Å². The highest BCUT2D eigenvalue weighted by atomic mass is 16.7. The Morgan fingerprint density at radius 2 is 1.77 bits per heavy atom. The Hall–Kier alpha value is -4.54. The van der Waals surface area contributed by atoms with E-state index in [2.05, 4.69) is 9.97 Å². The number of nitro groups is 1. The molecule has 0 aliphatic carbocycles. The second-order valence-electron chi connectivity index (χ2n) is 7.74. The molecule has 0 saturated carbocycles. The zero-order valence-electron chi connectivity index (χ0n) is 18.9. The van der Waals surface area contributed by atoms with Gasteiger partial charge in [0.1, 0.15) is 11.6 Å². The van der Waals surface area contributed by atoms with Gasteiger partial charge in [-0.1, -0.05) is 0 Å². The van der Waals surface area contributed by atoms with E-state index in [0.29, 0.717) is 53.8 Å². The Balaban J connectivity index is 1.24. The van der Waals surface area contributed by atoms with Gasteiger partial charge in [0, 0.05) is 43.7 Å². The Morgan fingerprint density at radius 3 is 2.49 bits per heavy atom. The van der Waals surface area contributed by atoms with Gasteiger partial charge in [0.15, 0.2) is 17.3 Å². The summed E-state index contributed by atoms with van der Waals surface area (Å²) in [4.78, 5) is 45.2. The van der Waals surface area contributed by atoms with Gasteiger partial charge >= 0.3 is 0 Å². The number of amides is 1. The summed E-state index contributed by atoms with van der Waals surface area (Å²) in [5.74, 6) is 1.52. The minimum Gasteiger partial charge on any atom is -0.494 e. The quantitative estimate of drug-likeness (QED) is 0.186. The maximum absolute atomic E-state index is 12.6. The zero-order chi connectivity index (χ0) is 24.8.